The zero-order chi connectivity index (χ0) is 17.9. The van der Waals surface area contributed by atoms with Crippen LogP contribution in [0, 0.1) is 0 Å². The van der Waals surface area contributed by atoms with Crippen molar-refractivity contribution in [2.45, 2.75) is 18.9 Å². The molecular formula is C20H18ClN3O2. The molecule has 0 aliphatic carbocycles. The Hall–Kier alpha value is -2.66. The zero-order valence-electron chi connectivity index (χ0n) is 14.1. The Morgan fingerprint density at radius 2 is 1.92 bits per heavy atom. The fourth-order valence-corrected chi connectivity index (χ4v) is 3.37. The molecule has 0 N–H and O–H groups in total. The summed E-state index contributed by atoms with van der Waals surface area (Å²) < 4.78 is 5.75. The van der Waals surface area contributed by atoms with E-state index in [-0.39, 0.29) is 12.1 Å². The molecule has 3 heterocycles. The molecule has 5 nitrogen and oxygen atoms in total. The predicted octanol–water partition coefficient (Wildman–Crippen LogP) is 4.11. The van der Waals surface area contributed by atoms with Gasteiger partial charge in [0.25, 0.3) is 0 Å². The Labute approximate surface area is 156 Å². The first-order valence-electron chi connectivity index (χ1n) is 8.62. The number of anilines is 1. The molecule has 6 heteroatoms. The van der Waals surface area contributed by atoms with Crippen LogP contribution in [-0.4, -0.2) is 35.1 Å². The molecule has 1 aromatic carbocycles. The average molecular weight is 368 g/mol. The predicted molar refractivity (Wildman–Crippen MR) is 102 cm³/mol. The number of nitrogens with zero attached hydrogens (tertiary/aromatic N) is 3. The summed E-state index contributed by atoms with van der Waals surface area (Å²) in [7, 11) is 0. The van der Waals surface area contributed by atoms with Crippen LogP contribution < -0.4 is 4.90 Å². The highest BCUT2D eigenvalue weighted by atomic mass is 35.5. The van der Waals surface area contributed by atoms with Gasteiger partial charge in [-0.15, -0.1) is 0 Å². The van der Waals surface area contributed by atoms with Crippen LogP contribution in [0.1, 0.15) is 23.2 Å². The van der Waals surface area contributed by atoms with Crippen LogP contribution in [-0.2, 0) is 4.74 Å². The van der Waals surface area contributed by atoms with Gasteiger partial charge in [-0.2, -0.15) is 0 Å². The van der Waals surface area contributed by atoms with Crippen molar-refractivity contribution in [2.24, 2.45) is 0 Å². The third kappa shape index (κ3) is 3.48. The molecule has 1 fully saturated rings. The lowest BCUT2D eigenvalue weighted by Crippen LogP contribution is -2.38. The van der Waals surface area contributed by atoms with Crippen LogP contribution in [0.4, 0.5) is 5.82 Å². The maximum Gasteiger partial charge on any atom is 0.339 e. The number of carbonyl (C=O) groups excluding carboxylic acids is 1. The Morgan fingerprint density at radius 3 is 2.69 bits per heavy atom. The quantitative estimate of drug-likeness (QED) is 0.652. The molecule has 1 aliphatic rings. The van der Waals surface area contributed by atoms with E-state index in [2.05, 4.69) is 14.9 Å². The first-order valence-corrected chi connectivity index (χ1v) is 9.00. The van der Waals surface area contributed by atoms with Crippen molar-refractivity contribution in [3.63, 3.8) is 0 Å². The molecule has 132 valence electrons. The molecule has 1 saturated heterocycles. The van der Waals surface area contributed by atoms with Crippen molar-refractivity contribution < 1.29 is 9.53 Å². The third-order valence-electron chi connectivity index (χ3n) is 4.62. The number of hydrogen-bond donors (Lipinski definition) is 0. The van der Waals surface area contributed by atoms with E-state index in [0.29, 0.717) is 10.6 Å². The number of piperidine rings is 1. The molecule has 2 aromatic heterocycles. The van der Waals surface area contributed by atoms with E-state index >= 15 is 0 Å². The molecule has 0 atom stereocenters. The van der Waals surface area contributed by atoms with Gasteiger partial charge in [0, 0.05) is 43.7 Å². The average Bonchev–Trinajstić information content (AvgIpc) is 2.69. The SMILES string of the molecule is O=C(OC1CCN(c2ccc(Cl)cn2)CC1)c1cccc2ncccc12. The molecule has 3 aromatic rings. The number of halogens is 1. The maximum absolute atomic E-state index is 12.6. The highest BCUT2D eigenvalue weighted by Crippen LogP contribution is 2.23. The molecule has 0 saturated carbocycles. The summed E-state index contributed by atoms with van der Waals surface area (Å²) in [6.07, 6.45) is 4.84. The third-order valence-corrected chi connectivity index (χ3v) is 4.84. The van der Waals surface area contributed by atoms with Gasteiger partial charge in [0.2, 0.25) is 0 Å². The van der Waals surface area contributed by atoms with Gasteiger partial charge in [0.1, 0.15) is 11.9 Å². The fraction of sp³-hybridized carbons (Fsp3) is 0.250. The summed E-state index contributed by atoms with van der Waals surface area (Å²) in [6, 6.07) is 13.0. The molecule has 4 rings (SSSR count). The van der Waals surface area contributed by atoms with E-state index in [4.69, 9.17) is 16.3 Å². The minimum atomic E-state index is -0.285. The number of ether oxygens (including phenoxy) is 1. The zero-order valence-corrected chi connectivity index (χ0v) is 14.9. The van der Waals surface area contributed by atoms with Crippen molar-refractivity contribution in [3.8, 4) is 0 Å². The van der Waals surface area contributed by atoms with Gasteiger partial charge in [-0.3, -0.25) is 4.98 Å². The monoisotopic (exact) mass is 367 g/mol. The molecular weight excluding hydrogens is 350 g/mol. The van der Waals surface area contributed by atoms with Crippen molar-refractivity contribution >= 4 is 34.3 Å². The molecule has 26 heavy (non-hydrogen) atoms. The lowest BCUT2D eigenvalue weighted by Gasteiger charge is -2.32. The van der Waals surface area contributed by atoms with Gasteiger partial charge >= 0.3 is 5.97 Å². The van der Waals surface area contributed by atoms with Crippen molar-refractivity contribution in [2.75, 3.05) is 18.0 Å². The van der Waals surface area contributed by atoms with E-state index in [0.717, 1.165) is 42.7 Å². The van der Waals surface area contributed by atoms with Crippen molar-refractivity contribution in [3.05, 3.63) is 65.4 Å². The number of rotatable bonds is 3. The maximum atomic E-state index is 12.6. The van der Waals surface area contributed by atoms with Crippen LogP contribution in [0.3, 0.4) is 0 Å². The number of fused-ring (bicyclic) bond motifs is 1. The van der Waals surface area contributed by atoms with Gasteiger partial charge in [0.15, 0.2) is 0 Å². The largest absolute Gasteiger partial charge is 0.459 e. The second kappa shape index (κ2) is 7.30. The standard InChI is InChI=1S/C20H18ClN3O2/c21-14-6-7-19(23-13-14)24-11-8-15(9-12-24)26-20(25)17-3-1-5-18-16(17)4-2-10-22-18/h1-7,10,13,15H,8-9,11-12H2. The number of esters is 1. The van der Waals surface area contributed by atoms with E-state index < -0.39 is 0 Å². The first-order chi connectivity index (χ1) is 12.7. The lowest BCUT2D eigenvalue weighted by molar-refractivity contribution is 0.0247. The number of pyridine rings is 2. The van der Waals surface area contributed by atoms with E-state index in [1.54, 1.807) is 18.5 Å². The summed E-state index contributed by atoms with van der Waals surface area (Å²) in [4.78, 5) is 23.4. The van der Waals surface area contributed by atoms with Gasteiger partial charge < -0.3 is 9.64 Å². The molecule has 0 bridgehead atoms. The number of aromatic nitrogens is 2. The Bertz CT molecular complexity index is 916. The topological polar surface area (TPSA) is 55.3 Å². The normalized spacial score (nSPS) is 15.2. The van der Waals surface area contributed by atoms with Gasteiger partial charge in [-0.05, 0) is 30.3 Å². The summed E-state index contributed by atoms with van der Waals surface area (Å²) >= 11 is 5.89. The number of benzene rings is 1. The minimum Gasteiger partial charge on any atom is -0.459 e. The minimum absolute atomic E-state index is 0.0852. The van der Waals surface area contributed by atoms with Crippen molar-refractivity contribution in [1.29, 1.82) is 0 Å². The van der Waals surface area contributed by atoms with E-state index in [9.17, 15) is 4.79 Å². The van der Waals surface area contributed by atoms with E-state index in [1.165, 1.54) is 0 Å². The lowest BCUT2D eigenvalue weighted by atomic mass is 10.1. The molecule has 1 aliphatic heterocycles. The highest BCUT2D eigenvalue weighted by Gasteiger charge is 2.24. The van der Waals surface area contributed by atoms with Crippen molar-refractivity contribution in [1.82, 2.24) is 9.97 Å². The summed E-state index contributed by atoms with van der Waals surface area (Å²) in [5, 5.41) is 1.45. The molecule has 0 radical (unpaired) electrons. The molecule has 0 spiro atoms. The second-order valence-corrected chi connectivity index (χ2v) is 6.74. The summed E-state index contributed by atoms with van der Waals surface area (Å²) in [6.45, 7) is 1.59. The molecule has 0 unspecified atom stereocenters. The number of hydrogen-bond acceptors (Lipinski definition) is 5. The first kappa shape index (κ1) is 16.8. The van der Waals surface area contributed by atoms with Gasteiger partial charge in [-0.1, -0.05) is 23.7 Å². The van der Waals surface area contributed by atoms with Gasteiger partial charge in [-0.25, -0.2) is 9.78 Å². The fourth-order valence-electron chi connectivity index (χ4n) is 3.25. The van der Waals surface area contributed by atoms with E-state index in [1.807, 2.05) is 36.4 Å². The van der Waals surface area contributed by atoms with Crippen LogP contribution in [0.15, 0.2) is 54.9 Å². The Morgan fingerprint density at radius 1 is 1.08 bits per heavy atom. The van der Waals surface area contributed by atoms with Crippen LogP contribution in [0.5, 0.6) is 0 Å². The second-order valence-electron chi connectivity index (χ2n) is 6.30. The highest BCUT2D eigenvalue weighted by molar-refractivity contribution is 6.30. The summed E-state index contributed by atoms with van der Waals surface area (Å²) in [5.41, 5.74) is 1.36. The van der Waals surface area contributed by atoms with Crippen LogP contribution in [0.25, 0.3) is 10.9 Å². The Balaban J connectivity index is 1.41. The van der Waals surface area contributed by atoms with Crippen LogP contribution in [0.2, 0.25) is 5.02 Å². The Kier molecular flexibility index (Phi) is 4.71. The van der Waals surface area contributed by atoms with Gasteiger partial charge in [0.05, 0.1) is 16.1 Å². The van der Waals surface area contributed by atoms with Crippen LogP contribution >= 0.6 is 11.6 Å². The summed E-state index contributed by atoms with van der Waals surface area (Å²) in [5.74, 6) is 0.617. The smallest absolute Gasteiger partial charge is 0.339 e. The number of carbonyl (C=O) groups is 1. The molecule has 0 amide bonds.